The van der Waals surface area contributed by atoms with E-state index in [1.165, 1.54) is 11.3 Å². The molecule has 1 heterocycles. The summed E-state index contributed by atoms with van der Waals surface area (Å²) in [5.74, 6) is 0.920. The fraction of sp³-hybridized carbons (Fsp3) is 0.438. The highest BCUT2D eigenvalue weighted by atomic mass is 35.5. The minimum atomic E-state index is -0.636. The number of hydrogen-bond donors (Lipinski definition) is 1. The van der Waals surface area contributed by atoms with Crippen LogP contribution in [0.5, 0.6) is 5.75 Å². The van der Waals surface area contributed by atoms with E-state index in [4.69, 9.17) is 16.3 Å². The molecule has 2 aromatic rings. The second-order valence-electron chi connectivity index (χ2n) is 5.84. The van der Waals surface area contributed by atoms with Gasteiger partial charge in [0.1, 0.15) is 10.8 Å². The first kappa shape index (κ1) is 16.2. The van der Waals surface area contributed by atoms with Gasteiger partial charge in [-0.15, -0.1) is 10.2 Å². The van der Waals surface area contributed by atoms with E-state index in [0.717, 1.165) is 34.0 Å². The zero-order valence-corrected chi connectivity index (χ0v) is 14.8. The number of hydrogen-bond acceptors (Lipinski definition) is 5. The fourth-order valence-electron chi connectivity index (χ4n) is 2.22. The second-order valence-corrected chi connectivity index (χ2v) is 7.23. The molecule has 5 nitrogen and oxygen atoms in total. The zero-order valence-electron chi connectivity index (χ0n) is 13.2. The van der Waals surface area contributed by atoms with Crippen LogP contribution >= 0.6 is 22.9 Å². The molecule has 1 fully saturated rings. The van der Waals surface area contributed by atoms with Crippen molar-refractivity contribution < 1.29 is 9.53 Å². The van der Waals surface area contributed by atoms with Crippen molar-refractivity contribution in [1.82, 2.24) is 10.2 Å². The molecule has 1 saturated carbocycles. The SMILES string of the molecule is Cc1cc(OC(C)C(=O)Nc2nnc(C3CC3)s2)cc(C)c1Cl. The summed E-state index contributed by atoms with van der Waals surface area (Å²) in [6.07, 6.45) is 1.69. The molecule has 122 valence electrons. The maximum atomic E-state index is 12.2. The summed E-state index contributed by atoms with van der Waals surface area (Å²) in [6, 6.07) is 3.66. The third kappa shape index (κ3) is 3.82. The molecule has 1 atom stereocenters. The minimum Gasteiger partial charge on any atom is -0.481 e. The summed E-state index contributed by atoms with van der Waals surface area (Å²) >= 11 is 7.58. The predicted molar refractivity (Wildman–Crippen MR) is 91.5 cm³/mol. The van der Waals surface area contributed by atoms with Gasteiger partial charge in [-0.05, 0) is 56.9 Å². The highest BCUT2D eigenvalue weighted by Crippen LogP contribution is 2.42. The van der Waals surface area contributed by atoms with Crippen LogP contribution < -0.4 is 10.1 Å². The third-order valence-corrected chi connectivity index (χ3v) is 5.29. The van der Waals surface area contributed by atoms with E-state index in [2.05, 4.69) is 15.5 Å². The largest absolute Gasteiger partial charge is 0.481 e. The van der Waals surface area contributed by atoms with Gasteiger partial charge in [0.05, 0.1) is 0 Å². The van der Waals surface area contributed by atoms with Crippen molar-refractivity contribution in [2.24, 2.45) is 0 Å². The lowest BCUT2D eigenvalue weighted by molar-refractivity contribution is -0.122. The Labute approximate surface area is 144 Å². The molecule has 1 N–H and O–H groups in total. The minimum absolute atomic E-state index is 0.242. The Morgan fingerprint density at radius 3 is 2.61 bits per heavy atom. The van der Waals surface area contributed by atoms with Crippen molar-refractivity contribution in [1.29, 1.82) is 0 Å². The first-order chi connectivity index (χ1) is 10.9. The van der Waals surface area contributed by atoms with E-state index in [1.807, 2.05) is 26.0 Å². The Morgan fingerprint density at radius 1 is 1.35 bits per heavy atom. The lowest BCUT2D eigenvalue weighted by atomic mass is 10.1. The number of carbonyl (C=O) groups is 1. The molecule has 1 unspecified atom stereocenters. The number of nitrogens with zero attached hydrogens (tertiary/aromatic N) is 2. The Kier molecular flexibility index (Phi) is 4.55. The van der Waals surface area contributed by atoms with Crippen LogP contribution in [-0.4, -0.2) is 22.2 Å². The Bertz CT molecular complexity index is 720. The monoisotopic (exact) mass is 351 g/mol. The summed E-state index contributed by atoms with van der Waals surface area (Å²) in [5.41, 5.74) is 1.85. The number of ether oxygens (including phenoxy) is 1. The van der Waals surface area contributed by atoms with E-state index in [1.54, 1.807) is 6.92 Å². The number of anilines is 1. The summed E-state index contributed by atoms with van der Waals surface area (Å²) in [7, 11) is 0. The molecule has 0 spiro atoms. The lowest BCUT2D eigenvalue weighted by Gasteiger charge is -2.15. The number of amides is 1. The van der Waals surface area contributed by atoms with Crippen LogP contribution in [0.1, 0.15) is 41.8 Å². The van der Waals surface area contributed by atoms with E-state index in [9.17, 15) is 4.79 Å². The molecule has 1 aliphatic rings. The Morgan fingerprint density at radius 2 is 2.00 bits per heavy atom. The maximum Gasteiger partial charge on any atom is 0.266 e. The highest BCUT2D eigenvalue weighted by molar-refractivity contribution is 7.15. The van der Waals surface area contributed by atoms with Gasteiger partial charge in [-0.25, -0.2) is 0 Å². The van der Waals surface area contributed by atoms with Crippen molar-refractivity contribution in [2.45, 2.75) is 45.6 Å². The van der Waals surface area contributed by atoms with E-state index < -0.39 is 6.10 Å². The molecule has 0 saturated heterocycles. The van der Waals surface area contributed by atoms with Gasteiger partial charge in [-0.2, -0.15) is 0 Å². The summed E-state index contributed by atoms with van der Waals surface area (Å²) in [4.78, 5) is 12.2. The van der Waals surface area contributed by atoms with Gasteiger partial charge in [-0.1, -0.05) is 22.9 Å². The van der Waals surface area contributed by atoms with Crippen LogP contribution in [0.3, 0.4) is 0 Å². The quantitative estimate of drug-likeness (QED) is 0.881. The molecule has 0 aliphatic heterocycles. The number of aromatic nitrogens is 2. The standard InChI is InChI=1S/C16H18ClN3O2S/c1-8-6-12(7-9(2)13(8)17)22-10(3)14(21)18-16-20-19-15(23-16)11-4-5-11/h6-7,10-11H,4-5H2,1-3H3,(H,18,20,21). The van der Waals surface area contributed by atoms with Crippen LogP contribution in [0, 0.1) is 13.8 Å². The van der Waals surface area contributed by atoms with Crippen molar-refractivity contribution in [3.63, 3.8) is 0 Å². The fourth-order valence-corrected chi connectivity index (χ4v) is 3.24. The maximum absolute atomic E-state index is 12.2. The number of halogens is 1. The van der Waals surface area contributed by atoms with Crippen molar-refractivity contribution in [3.8, 4) is 5.75 Å². The first-order valence-corrected chi connectivity index (χ1v) is 8.71. The van der Waals surface area contributed by atoms with Gasteiger partial charge in [0.25, 0.3) is 5.91 Å². The van der Waals surface area contributed by atoms with Crippen molar-refractivity contribution >= 4 is 34.0 Å². The molecule has 7 heteroatoms. The zero-order chi connectivity index (χ0) is 16.6. The molecular formula is C16H18ClN3O2S. The van der Waals surface area contributed by atoms with Crippen molar-refractivity contribution in [2.75, 3.05) is 5.32 Å². The van der Waals surface area contributed by atoms with Gasteiger partial charge in [0, 0.05) is 10.9 Å². The number of nitrogens with one attached hydrogen (secondary N) is 1. The van der Waals surface area contributed by atoms with E-state index >= 15 is 0 Å². The average molecular weight is 352 g/mol. The highest BCUT2D eigenvalue weighted by Gasteiger charge is 2.28. The summed E-state index contributed by atoms with van der Waals surface area (Å²) in [5, 5.41) is 13.1. The normalized spacial score (nSPS) is 15.3. The Hall–Kier alpha value is -1.66. The van der Waals surface area contributed by atoms with Crippen LogP contribution in [0.15, 0.2) is 12.1 Å². The molecule has 3 rings (SSSR count). The second kappa shape index (κ2) is 6.45. The summed E-state index contributed by atoms with van der Waals surface area (Å²) < 4.78 is 5.72. The molecule has 0 bridgehead atoms. The molecular weight excluding hydrogens is 334 g/mol. The molecule has 1 aromatic heterocycles. The first-order valence-electron chi connectivity index (χ1n) is 7.51. The number of carbonyl (C=O) groups excluding carboxylic acids is 1. The van der Waals surface area contributed by atoms with Gasteiger partial charge in [0.15, 0.2) is 6.10 Å². The summed E-state index contributed by atoms with van der Waals surface area (Å²) in [6.45, 7) is 5.53. The van der Waals surface area contributed by atoms with Crippen LogP contribution in [0.4, 0.5) is 5.13 Å². The third-order valence-electron chi connectivity index (χ3n) is 3.69. The average Bonchev–Trinajstić information content (AvgIpc) is 3.25. The molecule has 1 amide bonds. The van der Waals surface area contributed by atoms with Crippen LogP contribution in [-0.2, 0) is 4.79 Å². The van der Waals surface area contributed by atoms with Crippen LogP contribution in [0.25, 0.3) is 0 Å². The molecule has 23 heavy (non-hydrogen) atoms. The number of benzene rings is 1. The number of aryl methyl sites for hydroxylation is 2. The van der Waals surface area contributed by atoms with Gasteiger partial charge < -0.3 is 4.74 Å². The van der Waals surface area contributed by atoms with E-state index in [-0.39, 0.29) is 5.91 Å². The Balaban J connectivity index is 1.62. The lowest BCUT2D eigenvalue weighted by Crippen LogP contribution is -2.30. The van der Waals surface area contributed by atoms with Gasteiger partial charge in [0.2, 0.25) is 5.13 Å². The molecule has 1 aliphatic carbocycles. The molecule has 0 radical (unpaired) electrons. The topological polar surface area (TPSA) is 64.1 Å². The van der Waals surface area contributed by atoms with E-state index in [0.29, 0.717) is 16.8 Å². The number of rotatable bonds is 5. The predicted octanol–water partition coefficient (Wildman–Crippen LogP) is 4.09. The van der Waals surface area contributed by atoms with Gasteiger partial charge in [-0.3, -0.25) is 10.1 Å². The van der Waals surface area contributed by atoms with Crippen molar-refractivity contribution in [3.05, 3.63) is 33.3 Å². The van der Waals surface area contributed by atoms with Crippen LogP contribution in [0.2, 0.25) is 5.02 Å². The molecule has 1 aromatic carbocycles. The van der Waals surface area contributed by atoms with Gasteiger partial charge >= 0.3 is 0 Å². The smallest absolute Gasteiger partial charge is 0.266 e.